The summed E-state index contributed by atoms with van der Waals surface area (Å²) in [7, 11) is 1.79. The molecule has 0 aliphatic carbocycles. The van der Waals surface area contributed by atoms with E-state index >= 15 is 0 Å². The Morgan fingerprint density at radius 3 is 2.71 bits per heavy atom. The van der Waals surface area contributed by atoms with Crippen molar-refractivity contribution in [1.82, 2.24) is 14.8 Å². The molecule has 0 aliphatic rings. The number of nitrogens with zero attached hydrogens (tertiary/aromatic N) is 3. The molecule has 1 aromatic carbocycles. The zero-order valence-corrected chi connectivity index (χ0v) is 11.9. The third kappa shape index (κ3) is 2.73. The van der Waals surface area contributed by atoms with Crippen molar-refractivity contribution in [3.05, 3.63) is 38.8 Å². The van der Waals surface area contributed by atoms with Gasteiger partial charge in [0.15, 0.2) is 11.6 Å². The molecule has 1 heterocycles. The largest absolute Gasteiger partial charge is 0.483 e. The van der Waals surface area contributed by atoms with Gasteiger partial charge < -0.3 is 4.74 Å². The number of rotatable bonds is 3. The van der Waals surface area contributed by atoms with Gasteiger partial charge in [0, 0.05) is 7.05 Å². The van der Waals surface area contributed by atoms with Crippen LogP contribution < -0.4 is 4.74 Å². The Kier molecular flexibility index (Phi) is 3.91. The molecule has 0 bridgehead atoms. The maximum Gasteiger partial charge on any atom is 0.164 e. The van der Waals surface area contributed by atoms with Crippen molar-refractivity contribution >= 4 is 39.1 Å². The quantitative estimate of drug-likeness (QED) is 0.806. The van der Waals surface area contributed by atoms with E-state index < -0.39 is 0 Å². The zero-order valence-electron chi connectivity index (χ0n) is 8.82. The van der Waals surface area contributed by atoms with Gasteiger partial charge in [0.2, 0.25) is 0 Å². The minimum atomic E-state index is 0.273. The molecule has 0 aliphatic heterocycles. The number of benzene rings is 1. The summed E-state index contributed by atoms with van der Waals surface area (Å²) in [5.41, 5.74) is 0. The number of halogens is 3. The second-order valence-electron chi connectivity index (χ2n) is 3.26. The third-order valence-electron chi connectivity index (χ3n) is 2.15. The Morgan fingerprint density at radius 2 is 2.06 bits per heavy atom. The molecule has 1 aromatic heterocycles. The molecule has 2 rings (SSSR count). The minimum absolute atomic E-state index is 0.273. The fraction of sp³-hybridized carbons (Fsp3) is 0.200. The van der Waals surface area contributed by atoms with Crippen LogP contribution in [0.5, 0.6) is 5.75 Å². The normalized spacial score (nSPS) is 10.6. The number of aryl methyl sites for hydroxylation is 1. The van der Waals surface area contributed by atoms with Gasteiger partial charge in [0.25, 0.3) is 0 Å². The van der Waals surface area contributed by atoms with Gasteiger partial charge >= 0.3 is 0 Å². The first-order valence-corrected chi connectivity index (χ1v) is 6.23. The van der Waals surface area contributed by atoms with Gasteiger partial charge in [0.05, 0.1) is 14.5 Å². The zero-order chi connectivity index (χ0) is 12.4. The molecule has 7 heteroatoms. The van der Waals surface area contributed by atoms with Crippen LogP contribution in [0.25, 0.3) is 0 Å². The summed E-state index contributed by atoms with van der Waals surface area (Å²) in [4.78, 5) is 4.05. The molecular formula is C10H8BrCl2N3O. The van der Waals surface area contributed by atoms with Crippen molar-refractivity contribution in [2.24, 2.45) is 7.05 Å². The summed E-state index contributed by atoms with van der Waals surface area (Å²) in [6.07, 6.45) is 1.47. The molecule has 2 aromatic rings. The molecule has 0 spiro atoms. The number of hydrogen-bond donors (Lipinski definition) is 0. The maximum atomic E-state index is 6.02. The van der Waals surface area contributed by atoms with Crippen LogP contribution in [-0.4, -0.2) is 14.8 Å². The Balaban J connectivity index is 2.20. The smallest absolute Gasteiger partial charge is 0.164 e. The molecule has 0 radical (unpaired) electrons. The molecule has 4 nitrogen and oxygen atoms in total. The second kappa shape index (κ2) is 5.25. The first kappa shape index (κ1) is 12.7. The maximum absolute atomic E-state index is 6.02. The SMILES string of the molecule is Cn1ncnc1COc1c(Cl)ccc(Cl)c1Br. The van der Waals surface area contributed by atoms with E-state index in [2.05, 4.69) is 26.0 Å². The van der Waals surface area contributed by atoms with Crippen LogP contribution in [0.3, 0.4) is 0 Å². The molecule has 0 saturated carbocycles. The molecule has 0 saturated heterocycles. The standard InChI is InChI=1S/C10H8BrCl2N3O/c1-16-8(14-5-15-16)4-17-10-7(13)3-2-6(12)9(10)11/h2-3,5H,4H2,1H3. The van der Waals surface area contributed by atoms with Gasteiger partial charge in [-0.1, -0.05) is 23.2 Å². The predicted octanol–water partition coefficient (Wildman–Crippen LogP) is 3.46. The van der Waals surface area contributed by atoms with Crippen molar-refractivity contribution in [2.45, 2.75) is 6.61 Å². The lowest BCUT2D eigenvalue weighted by molar-refractivity contribution is 0.288. The summed E-state index contributed by atoms with van der Waals surface area (Å²) in [5.74, 6) is 1.20. The van der Waals surface area contributed by atoms with Crippen LogP contribution in [0.4, 0.5) is 0 Å². The topological polar surface area (TPSA) is 39.9 Å². The first-order valence-electron chi connectivity index (χ1n) is 4.68. The van der Waals surface area contributed by atoms with Crippen LogP contribution in [0.1, 0.15) is 5.82 Å². The second-order valence-corrected chi connectivity index (χ2v) is 4.87. The van der Waals surface area contributed by atoms with Crippen LogP contribution in [0, 0.1) is 0 Å². The van der Waals surface area contributed by atoms with Gasteiger partial charge in [-0.25, -0.2) is 4.98 Å². The first-order chi connectivity index (χ1) is 8.09. The highest BCUT2D eigenvalue weighted by Crippen LogP contribution is 2.38. The van der Waals surface area contributed by atoms with Gasteiger partial charge in [-0.05, 0) is 28.1 Å². The number of hydrogen-bond acceptors (Lipinski definition) is 3. The van der Waals surface area contributed by atoms with E-state index in [-0.39, 0.29) is 6.61 Å². The van der Waals surface area contributed by atoms with Crippen LogP contribution in [-0.2, 0) is 13.7 Å². The molecule has 0 amide bonds. The summed E-state index contributed by atoms with van der Waals surface area (Å²) in [6, 6.07) is 3.38. The average molecular weight is 337 g/mol. The lowest BCUT2D eigenvalue weighted by Gasteiger charge is -2.10. The summed E-state index contributed by atoms with van der Waals surface area (Å²) >= 11 is 15.3. The Hall–Kier alpha value is -0.780. The van der Waals surface area contributed by atoms with E-state index in [1.807, 2.05) is 0 Å². The van der Waals surface area contributed by atoms with E-state index in [0.29, 0.717) is 26.1 Å². The fourth-order valence-corrected chi connectivity index (χ4v) is 2.16. The van der Waals surface area contributed by atoms with Crippen molar-refractivity contribution in [3.63, 3.8) is 0 Å². The van der Waals surface area contributed by atoms with Gasteiger partial charge in [-0.3, -0.25) is 4.68 Å². The third-order valence-corrected chi connectivity index (χ3v) is 3.78. The van der Waals surface area contributed by atoms with Crippen LogP contribution in [0.15, 0.2) is 22.9 Å². The highest BCUT2D eigenvalue weighted by Gasteiger charge is 2.11. The Bertz CT molecular complexity index is 544. The van der Waals surface area contributed by atoms with E-state index in [9.17, 15) is 0 Å². The van der Waals surface area contributed by atoms with Gasteiger partial charge in [-0.15, -0.1) is 0 Å². The molecule has 0 fully saturated rings. The summed E-state index contributed by atoms with van der Waals surface area (Å²) in [5, 5.41) is 4.98. The van der Waals surface area contributed by atoms with E-state index in [1.54, 1.807) is 23.9 Å². The van der Waals surface area contributed by atoms with E-state index in [4.69, 9.17) is 27.9 Å². The lowest BCUT2D eigenvalue weighted by Crippen LogP contribution is -2.05. The van der Waals surface area contributed by atoms with Gasteiger partial charge in [-0.2, -0.15) is 5.10 Å². The highest BCUT2D eigenvalue weighted by atomic mass is 79.9. The molecule has 0 unspecified atom stereocenters. The van der Waals surface area contributed by atoms with E-state index in [0.717, 1.165) is 0 Å². The minimum Gasteiger partial charge on any atom is -0.483 e. The lowest BCUT2D eigenvalue weighted by atomic mass is 10.3. The van der Waals surface area contributed by atoms with Crippen molar-refractivity contribution in [3.8, 4) is 5.75 Å². The monoisotopic (exact) mass is 335 g/mol. The Morgan fingerprint density at radius 1 is 1.35 bits per heavy atom. The average Bonchev–Trinajstić information content (AvgIpc) is 2.70. The predicted molar refractivity (Wildman–Crippen MR) is 69.5 cm³/mol. The van der Waals surface area contributed by atoms with Gasteiger partial charge in [0.1, 0.15) is 12.9 Å². The highest BCUT2D eigenvalue weighted by molar-refractivity contribution is 9.10. The van der Waals surface area contributed by atoms with Crippen LogP contribution in [0.2, 0.25) is 10.0 Å². The number of ether oxygens (including phenoxy) is 1. The molecule has 17 heavy (non-hydrogen) atoms. The van der Waals surface area contributed by atoms with E-state index in [1.165, 1.54) is 6.33 Å². The fourth-order valence-electron chi connectivity index (χ4n) is 1.23. The van der Waals surface area contributed by atoms with Crippen LogP contribution >= 0.6 is 39.1 Å². The Labute approximate surface area is 117 Å². The number of aromatic nitrogens is 3. The molecule has 90 valence electrons. The molecule has 0 N–H and O–H groups in total. The van der Waals surface area contributed by atoms with Crippen molar-refractivity contribution in [2.75, 3.05) is 0 Å². The van der Waals surface area contributed by atoms with Crippen molar-refractivity contribution < 1.29 is 4.74 Å². The van der Waals surface area contributed by atoms with Crippen molar-refractivity contribution in [1.29, 1.82) is 0 Å². The molecular weight excluding hydrogens is 329 g/mol. The molecule has 0 atom stereocenters. The summed E-state index contributed by atoms with van der Waals surface area (Å²) in [6.45, 7) is 0.273. The summed E-state index contributed by atoms with van der Waals surface area (Å²) < 4.78 is 7.85.